The highest BCUT2D eigenvalue weighted by molar-refractivity contribution is 7.17. The molecule has 156 valence electrons. The fourth-order valence-electron chi connectivity index (χ4n) is 3.47. The van der Waals surface area contributed by atoms with Gasteiger partial charge in [0.2, 0.25) is 0 Å². The van der Waals surface area contributed by atoms with E-state index in [1.807, 2.05) is 31.2 Å². The molecule has 2 aromatic heterocycles. The highest BCUT2D eigenvalue weighted by Gasteiger charge is 2.29. The molecule has 1 atom stereocenters. The number of aromatic nitrogens is 2. The summed E-state index contributed by atoms with van der Waals surface area (Å²) in [6.45, 7) is 3.22. The number of anilines is 1. The molecule has 3 heterocycles. The topological polar surface area (TPSA) is 67.4 Å². The Balaban J connectivity index is 1.50. The van der Waals surface area contributed by atoms with E-state index in [9.17, 15) is 9.18 Å². The van der Waals surface area contributed by atoms with Crippen LogP contribution < -0.4 is 5.32 Å². The zero-order valence-electron chi connectivity index (χ0n) is 16.9. The van der Waals surface area contributed by atoms with E-state index in [4.69, 9.17) is 4.74 Å². The molecule has 0 aliphatic carbocycles. The molecule has 1 amide bonds. The lowest BCUT2D eigenvalue weighted by atomic mass is 10.1. The van der Waals surface area contributed by atoms with Gasteiger partial charge in [-0.05, 0) is 30.7 Å². The Bertz CT molecular complexity index is 1060. The molecule has 0 radical (unpaired) electrons. The zero-order valence-corrected chi connectivity index (χ0v) is 17.7. The van der Waals surface area contributed by atoms with Gasteiger partial charge in [-0.15, -0.1) is 0 Å². The molecule has 0 spiro atoms. The van der Waals surface area contributed by atoms with Gasteiger partial charge in [-0.3, -0.25) is 9.78 Å². The van der Waals surface area contributed by atoms with Crippen LogP contribution in [0.5, 0.6) is 0 Å². The first-order valence-electron chi connectivity index (χ1n) is 9.80. The summed E-state index contributed by atoms with van der Waals surface area (Å²) in [7, 11) is 1.79. The molecule has 6 nitrogen and oxygen atoms in total. The van der Waals surface area contributed by atoms with Crippen LogP contribution in [0.3, 0.4) is 0 Å². The predicted molar refractivity (Wildman–Crippen MR) is 114 cm³/mol. The highest BCUT2D eigenvalue weighted by atomic mass is 32.1. The van der Waals surface area contributed by atoms with E-state index < -0.39 is 0 Å². The van der Waals surface area contributed by atoms with E-state index in [-0.39, 0.29) is 17.8 Å². The third-order valence-electron chi connectivity index (χ3n) is 5.05. The van der Waals surface area contributed by atoms with Crippen molar-refractivity contribution in [3.8, 4) is 0 Å². The molecule has 1 saturated heterocycles. The molecule has 1 aliphatic heterocycles. The molecular formula is C22H23FN4O2S. The molecule has 1 aromatic carbocycles. The van der Waals surface area contributed by atoms with Crippen molar-refractivity contribution < 1.29 is 13.9 Å². The molecule has 0 saturated carbocycles. The van der Waals surface area contributed by atoms with Crippen LogP contribution in [0.4, 0.5) is 9.52 Å². The van der Waals surface area contributed by atoms with Gasteiger partial charge >= 0.3 is 0 Å². The van der Waals surface area contributed by atoms with Crippen LogP contribution >= 0.6 is 11.3 Å². The minimum atomic E-state index is -0.319. The number of hydrogen-bond donors (Lipinski definition) is 1. The van der Waals surface area contributed by atoms with E-state index in [2.05, 4.69) is 15.3 Å². The van der Waals surface area contributed by atoms with Crippen LogP contribution in [0.15, 0.2) is 42.5 Å². The van der Waals surface area contributed by atoms with Crippen molar-refractivity contribution in [2.75, 3.05) is 32.1 Å². The molecule has 30 heavy (non-hydrogen) atoms. The van der Waals surface area contributed by atoms with Gasteiger partial charge in [-0.1, -0.05) is 35.6 Å². The second-order valence-electron chi connectivity index (χ2n) is 7.12. The monoisotopic (exact) mass is 426 g/mol. The summed E-state index contributed by atoms with van der Waals surface area (Å²) in [6, 6.07) is 12.4. The standard InChI is InChI=1S/C22H23FN4O2S/c1-14-20(30-22(24-2)25-14)21(28)27-10-11-29-19(13-27)18-9-5-7-16(26-18)12-15-6-3-4-8-17(15)23/h3-9,19H,10-13H2,1-2H3,(H,24,25)/t19-/m1/s1. The quantitative estimate of drug-likeness (QED) is 0.672. The number of carbonyl (C=O) groups is 1. The number of amides is 1. The summed E-state index contributed by atoms with van der Waals surface area (Å²) < 4.78 is 19.9. The fraction of sp³-hybridized carbons (Fsp3) is 0.318. The van der Waals surface area contributed by atoms with Crippen molar-refractivity contribution in [3.63, 3.8) is 0 Å². The van der Waals surface area contributed by atoms with Gasteiger partial charge < -0.3 is 15.0 Å². The number of nitrogens with zero attached hydrogens (tertiary/aromatic N) is 3. The van der Waals surface area contributed by atoms with Crippen molar-refractivity contribution in [3.05, 3.63) is 75.8 Å². The molecule has 0 unspecified atom stereocenters. The van der Waals surface area contributed by atoms with Crippen LogP contribution in [-0.2, 0) is 11.2 Å². The highest BCUT2D eigenvalue weighted by Crippen LogP contribution is 2.27. The first-order valence-corrected chi connectivity index (χ1v) is 10.6. The Kier molecular flexibility index (Phi) is 6.06. The smallest absolute Gasteiger partial charge is 0.266 e. The van der Waals surface area contributed by atoms with Crippen LogP contribution in [0, 0.1) is 12.7 Å². The van der Waals surface area contributed by atoms with E-state index in [0.717, 1.165) is 22.2 Å². The molecule has 8 heteroatoms. The average molecular weight is 427 g/mol. The maximum atomic E-state index is 14.0. The number of ether oxygens (including phenoxy) is 1. The van der Waals surface area contributed by atoms with E-state index in [1.165, 1.54) is 17.4 Å². The molecule has 1 fully saturated rings. The number of halogens is 1. The Labute approximate surface area is 178 Å². The number of hydrogen-bond acceptors (Lipinski definition) is 6. The second kappa shape index (κ2) is 8.89. The van der Waals surface area contributed by atoms with Gasteiger partial charge in [0.25, 0.3) is 5.91 Å². The van der Waals surface area contributed by atoms with Gasteiger partial charge in [0.15, 0.2) is 5.13 Å². The van der Waals surface area contributed by atoms with Gasteiger partial charge in [0, 0.05) is 25.7 Å². The fourth-order valence-corrected chi connectivity index (χ4v) is 4.36. The predicted octanol–water partition coefficient (Wildman–Crippen LogP) is 3.83. The zero-order chi connectivity index (χ0) is 21.1. The second-order valence-corrected chi connectivity index (χ2v) is 8.12. The third kappa shape index (κ3) is 4.34. The maximum Gasteiger partial charge on any atom is 0.266 e. The minimum absolute atomic E-state index is 0.0395. The van der Waals surface area contributed by atoms with Crippen molar-refractivity contribution in [2.24, 2.45) is 0 Å². The molecule has 1 aliphatic rings. The number of benzene rings is 1. The van der Waals surface area contributed by atoms with Crippen molar-refractivity contribution in [1.29, 1.82) is 0 Å². The number of carbonyl (C=O) groups excluding carboxylic acids is 1. The number of aryl methyl sites for hydroxylation is 1. The van der Waals surface area contributed by atoms with Gasteiger partial charge in [-0.25, -0.2) is 9.37 Å². The van der Waals surface area contributed by atoms with Crippen LogP contribution in [0.25, 0.3) is 0 Å². The molecule has 1 N–H and O–H groups in total. The van der Waals surface area contributed by atoms with Crippen LogP contribution in [0.1, 0.15) is 38.4 Å². The Morgan fingerprint density at radius 2 is 2.10 bits per heavy atom. The number of morpholine rings is 1. The summed E-state index contributed by atoms with van der Waals surface area (Å²) in [5.74, 6) is -0.279. The third-order valence-corrected chi connectivity index (χ3v) is 6.21. The number of pyridine rings is 1. The van der Waals surface area contributed by atoms with E-state index in [0.29, 0.717) is 36.6 Å². The molecule has 0 bridgehead atoms. The number of thiazole rings is 1. The van der Waals surface area contributed by atoms with Crippen LogP contribution in [0.2, 0.25) is 0 Å². The van der Waals surface area contributed by atoms with Crippen LogP contribution in [-0.4, -0.2) is 47.5 Å². The normalized spacial score (nSPS) is 16.5. The average Bonchev–Trinajstić information content (AvgIpc) is 3.16. The molecule has 3 aromatic rings. The van der Waals surface area contributed by atoms with Crippen molar-refractivity contribution in [2.45, 2.75) is 19.4 Å². The van der Waals surface area contributed by atoms with Gasteiger partial charge in [0.05, 0.1) is 24.5 Å². The lowest BCUT2D eigenvalue weighted by Crippen LogP contribution is -2.42. The SMILES string of the molecule is CNc1nc(C)c(C(=O)N2CCO[C@@H](c3cccc(Cc4ccccc4F)n3)C2)s1. The number of rotatable bonds is 5. The largest absolute Gasteiger partial charge is 0.368 e. The number of nitrogens with one attached hydrogen (secondary N) is 1. The Hall–Kier alpha value is -2.84. The minimum Gasteiger partial charge on any atom is -0.368 e. The summed E-state index contributed by atoms with van der Waals surface area (Å²) >= 11 is 1.36. The van der Waals surface area contributed by atoms with Gasteiger partial charge in [-0.2, -0.15) is 0 Å². The Morgan fingerprint density at radius 3 is 2.87 bits per heavy atom. The van der Waals surface area contributed by atoms with Crippen molar-refractivity contribution in [1.82, 2.24) is 14.9 Å². The Morgan fingerprint density at radius 1 is 1.27 bits per heavy atom. The molecule has 4 rings (SSSR count). The summed E-state index contributed by atoms with van der Waals surface area (Å²) in [5, 5.41) is 3.71. The first-order chi connectivity index (χ1) is 14.5. The summed E-state index contributed by atoms with van der Waals surface area (Å²) in [4.78, 5) is 24.5. The molecular weight excluding hydrogens is 403 g/mol. The lowest BCUT2D eigenvalue weighted by molar-refractivity contribution is -0.0246. The lowest BCUT2D eigenvalue weighted by Gasteiger charge is -2.32. The summed E-state index contributed by atoms with van der Waals surface area (Å²) in [6.07, 6.45) is 0.0863. The van der Waals surface area contributed by atoms with Gasteiger partial charge in [0.1, 0.15) is 16.8 Å². The summed E-state index contributed by atoms with van der Waals surface area (Å²) in [5.41, 5.74) is 2.84. The van der Waals surface area contributed by atoms with Crippen molar-refractivity contribution >= 4 is 22.4 Å². The van der Waals surface area contributed by atoms with E-state index >= 15 is 0 Å². The van der Waals surface area contributed by atoms with E-state index in [1.54, 1.807) is 24.1 Å². The first kappa shape index (κ1) is 20.4. The maximum absolute atomic E-state index is 14.0.